The van der Waals surface area contributed by atoms with Gasteiger partial charge in [-0.25, -0.2) is 9.59 Å². The number of nitrogens with one attached hydrogen (secondary N) is 1. The van der Waals surface area contributed by atoms with Crippen LogP contribution in [0.1, 0.15) is 38.1 Å². The highest BCUT2D eigenvalue weighted by Crippen LogP contribution is 2.33. The van der Waals surface area contributed by atoms with Gasteiger partial charge in [-0.2, -0.15) is 5.10 Å². The number of nitrogens with zero attached hydrogens (tertiary/aromatic N) is 2. The fourth-order valence-electron chi connectivity index (χ4n) is 1.87. The summed E-state index contributed by atoms with van der Waals surface area (Å²) in [4.78, 5) is 24.4. The molecule has 0 aliphatic carbocycles. The van der Waals surface area contributed by atoms with Crippen LogP contribution in [0.3, 0.4) is 0 Å². The topological polar surface area (TPSA) is 95.5 Å². The van der Waals surface area contributed by atoms with Gasteiger partial charge in [0.1, 0.15) is 5.60 Å². The molecule has 1 aromatic rings. The number of rotatable bonds is 1. The number of aromatic amines is 1. The van der Waals surface area contributed by atoms with E-state index in [2.05, 4.69) is 10.2 Å². The molecule has 0 unspecified atom stereocenters. The van der Waals surface area contributed by atoms with Crippen LogP contribution in [-0.2, 0) is 16.1 Å². The van der Waals surface area contributed by atoms with Crippen LogP contribution < -0.4 is 0 Å². The van der Waals surface area contributed by atoms with Crippen LogP contribution in [0.4, 0.5) is 4.79 Å². The molecule has 2 heterocycles. The van der Waals surface area contributed by atoms with Crippen LogP contribution in [0.5, 0.6) is 0 Å². The third-order valence-corrected chi connectivity index (χ3v) is 2.55. The Labute approximate surface area is 104 Å². The van der Waals surface area contributed by atoms with Gasteiger partial charge in [0.15, 0.2) is 6.04 Å². The molecule has 18 heavy (non-hydrogen) atoms. The quantitative estimate of drug-likeness (QED) is 0.786. The number of amides is 1. The first-order valence-corrected chi connectivity index (χ1v) is 5.54. The smallest absolute Gasteiger partial charge is 0.411 e. The van der Waals surface area contributed by atoms with Crippen LogP contribution >= 0.6 is 0 Å². The molecule has 0 spiro atoms. The number of aliphatic carboxylic acids is 1. The third kappa shape index (κ3) is 2.15. The molecule has 1 amide bonds. The first-order chi connectivity index (χ1) is 8.29. The lowest BCUT2D eigenvalue weighted by Crippen LogP contribution is -2.38. The zero-order valence-corrected chi connectivity index (χ0v) is 10.4. The van der Waals surface area contributed by atoms with Gasteiger partial charge in [0.2, 0.25) is 0 Å². The average Bonchev–Trinajstić information content (AvgIpc) is 2.70. The summed E-state index contributed by atoms with van der Waals surface area (Å²) in [6.45, 7) is 5.37. The second kappa shape index (κ2) is 4.01. The Morgan fingerprint density at radius 3 is 2.78 bits per heavy atom. The minimum atomic E-state index is -1.10. The van der Waals surface area contributed by atoms with Crippen molar-refractivity contribution in [2.24, 2.45) is 0 Å². The number of ether oxygens (including phenoxy) is 1. The standard InChI is InChI=1S/C11H15N3O4/c1-11(2,3)18-10(17)14-5-7-6(4-12-13-7)8(14)9(15)16/h4,8H,5H2,1-3H3,(H,12,13)(H,15,16)/t8-/m1/s1. The van der Waals surface area contributed by atoms with E-state index >= 15 is 0 Å². The lowest BCUT2D eigenvalue weighted by molar-refractivity contribution is -0.143. The Balaban J connectivity index is 2.23. The average molecular weight is 253 g/mol. The molecule has 0 saturated heterocycles. The van der Waals surface area contributed by atoms with Crippen molar-refractivity contribution in [3.05, 3.63) is 17.5 Å². The summed E-state index contributed by atoms with van der Waals surface area (Å²) in [5, 5.41) is 15.7. The van der Waals surface area contributed by atoms with Gasteiger partial charge >= 0.3 is 12.1 Å². The Kier molecular flexibility index (Phi) is 2.76. The maximum atomic E-state index is 11.9. The number of H-pyrrole nitrogens is 1. The van der Waals surface area contributed by atoms with E-state index in [1.54, 1.807) is 20.8 Å². The van der Waals surface area contributed by atoms with Crippen molar-refractivity contribution in [3.8, 4) is 0 Å². The predicted octanol–water partition coefficient (Wildman–Crippen LogP) is 1.29. The van der Waals surface area contributed by atoms with Crippen molar-refractivity contribution in [3.63, 3.8) is 0 Å². The summed E-state index contributed by atoms with van der Waals surface area (Å²) in [7, 11) is 0. The summed E-state index contributed by atoms with van der Waals surface area (Å²) >= 11 is 0. The Hall–Kier alpha value is -2.05. The molecule has 0 radical (unpaired) electrons. The second-order valence-electron chi connectivity index (χ2n) is 5.15. The largest absolute Gasteiger partial charge is 0.479 e. The molecule has 2 rings (SSSR count). The van der Waals surface area contributed by atoms with E-state index in [1.165, 1.54) is 11.1 Å². The second-order valence-corrected chi connectivity index (χ2v) is 5.15. The zero-order chi connectivity index (χ0) is 13.5. The number of hydrogen-bond donors (Lipinski definition) is 2. The van der Waals surface area contributed by atoms with Gasteiger partial charge in [-0.1, -0.05) is 0 Å². The molecule has 1 atom stereocenters. The third-order valence-electron chi connectivity index (χ3n) is 2.55. The van der Waals surface area contributed by atoms with Crippen LogP contribution in [0, 0.1) is 0 Å². The fraction of sp³-hybridized carbons (Fsp3) is 0.545. The first-order valence-electron chi connectivity index (χ1n) is 5.54. The van der Waals surface area contributed by atoms with Gasteiger partial charge in [-0.3, -0.25) is 10.00 Å². The van der Waals surface area contributed by atoms with Crippen LogP contribution in [-0.4, -0.2) is 37.9 Å². The van der Waals surface area contributed by atoms with Gasteiger partial charge in [-0.15, -0.1) is 0 Å². The number of carboxylic acid groups (broad SMARTS) is 1. The molecule has 0 fully saturated rings. The van der Waals surface area contributed by atoms with Crippen LogP contribution in [0.25, 0.3) is 0 Å². The number of fused-ring (bicyclic) bond motifs is 1. The Bertz CT molecular complexity index is 489. The zero-order valence-electron chi connectivity index (χ0n) is 10.4. The maximum Gasteiger partial charge on any atom is 0.411 e. The van der Waals surface area contributed by atoms with Crippen molar-refractivity contribution in [2.45, 2.75) is 39.0 Å². The maximum absolute atomic E-state index is 11.9. The van der Waals surface area contributed by atoms with E-state index in [9.17, 15) is 14.7 Å². The molecule has 0 aromatic carbocycles. The van der Waals surface area contributed by atoms with E-state index in [4.69, 9.17) is 4.74 Å². The normalized spacial score (nSPS) is 18.6. The van der Waals surface area contributed by atoms with Crippen molar-refractivity contribution in [2.75, 3.05) is 0 Å². The lowest BCUT2D eigenvalue weighted by atomic mass is 10.1. The molecule has 1 aliphatic rings. The van der Waals surface area contributed by atoms with E-state index in [0.717, 1.165) is 0 Å². The molecule has 7 nitrogen and oxygen atoms in total. The summed E-state index contributed by atoms with van der Waals surface area (Å²) in [5.41, 5.74) is 0.482. The summed E-state index contributed by atoms with van der Waals surface area (Å²) in [5.74, 6) is -1.10. The monoisotopic (exact) mass is 253 g/mol. The van der Waals surface area contributed by atoms with Crippen molar-refractivity contribution < 1.29 is 19.4 Å². The number of carbonyl (C=O) groups excluding carboxylic acids is 1. The van der Waals surface area contributed by atoms with E-state index < -0.39 is 23.7 Å². The molecule has 1 aliphatic heterocycles. The number of aromatic nitrogens is 2. The van der Waals surface area contributed by atoms with Crippen molar-refractivity contribution >= 4 is 12.1 Å². The van der Waals surface area contributed by atoms with Crippen molar-refractivity contribution in [1.29, 1.82) is 0 Å². The number of carboxylic acids is 1. The number of hydrogen-bond acceptors (Lipinski definition) is 4. The molecule has 0 bridgehead atoms. The lowest BCUT2D eigenvalue weighted by Gasteiger charge is -2.26. The minimum Gasteiger partial charge on any atom is -0.479 e. The van der Waals surface area contributed by atoms with E-state index in [1.807, 2.05) is 0 Å². The molecular weight excluding hydrogens is 238 g/mol. The van der Waals surface area contributed by atoms with Gasteiger partial charge in [0.25, 0.3) is 0 Å². The summed E-state index contributed by atoms with van der Waals surface area (Å²) in [6.07, 6.45) is 0.790. The number of carbonyl (C=O) groups is 2. The predicted molar refractivity (Wildman–Crippen MR) is 60.7 cm³/mol. The highest BCUT2D eigenvalue weighted by molar-refractivity contribution is 5.83. The Morgan fingerprint density at radius 1 is 1.56 bits per heavy atom. The molecule has 0 saturated carbocycles. The molecular formula is C11H15N3O4. The van der Waals surface area contributed by atoms with Crippen LogP contribution in [0.15, 0.2) is 6.20 Å². The highest BCUT2D eigenvalue weighted by atomic mass is 16.6. The first kappa shape index (κ1) is 12.4. The van der Waals surface area contributed by atoms with Gasteiger partial charge < -0.3 is 9.84 Å². The highest BCUT2D eigenvalue weighted by Gasteiger charge is 2.41. The van der Waals surface area contributed by atoms with E-state index in [-0.39, 0.29) is 6.54 Å². The van der Waals surface area contributed by atoms with Gasteiger partial charge in [0, 0.05) is 5.56 Å². The van der Waals surface area contributed by atoms with Crippen molar-refractivity contribution in [1.82, 2.24) is 15.1 Å². The fourth-order valence-corrected chi connectivity index (χ4v) is 1.87. The Morgan fingerprint density at radius 2 is 2.22 bits per heavy atom. The molecule has 2 N–H and O–H groups in total. The summed E-state index contributed by atoms with van der Waals surface area (Å²) < 4.78 is 5.19. The molecule has 98 valence electrons. The molecule has 7 heteroatoms. The SMILES string of the molecule is CC(C)(C)OC(=O)N1Cc2[nH]ncc2[C@@H]1C(=O)O. The van der Waals surface area contributed by atoms with E-state index in [0.29, 0.717) is 11.3 Å². The van der Waals surface area contributed by atoms with Gasteiger partial charge in [-0.05, 0) is 20.8 Å². The molecule has 1 aromatic heterocycles. The van der Waals surface area contributed by atoms with Gasteiger partial charge in [0.05, 0.1) is 18.4 Å². The minimum absolute atomic E-state index is 0.168. The van der Waals surface area contributed by atoms with Crippen LogP contribution in [0.2, 0.25) is 0 Å². The summed E-state index contributed by atoms with van der Waals surface area (Å²) in [6, 6.07) is -1.03.